The van der Waals surface area contributed by atoms with Gasteiger partial charge in [0.2, 0.25) is 0 Å². The molecule has 0 radical (unpaired) electrons. The molecule has 0 rings (SSSR count). The maximum absolute atomic E-state index is 5.89. The van der Waals surface area contributed by atoms with Crippen LogP contribution in [0, 0.1) is 0 Å². The van der Waals surface area contributed by atoms with Gasteiger partial charge in [0, 0.05) is 54.5 Å². The predicted octanol–water partition coefficient (Wildman–Crippen LogP) is 5.26. The van der Waals surface area contributed by atoms with Crippen molar-refractivity contribution in [3.8, 4) is 0 Å². The van der Waals surface area contributed by atoms with Crippen LogP contribution in [-0.4, -0.2) is 107 Å². The van der Waals surface area contributed by atoms with E-state index >= 15 is 0 Å². The lowest BCUT2D eigenvalue weighted by molar-refractivity contribution is 0.141. The van der Waals surface area contributed by atoms with E-state index < -0.39 is 0 Å². The van der Waals surface area contributed by atoms with Crippen molar-refractivity contribution in [3.63, 3.8) is 0 Å². The highest BCUT2D eigenvalue weighted by atomic mass is 32.2. The van der Waals surface area contributed by atoms with Crippen LogP contribution in [0.25, 0.3) is 0 Å². The molecule has 0 bridgehead atoms. The second-order valence-corrected chi connectivity index (χ2v) is 15.6. The van der Waals surface area contributed by atoms with Crippen LogP contribution >= 0.6 is 85.8 Å². The molecule has 0 fully saturated rings. The van der Waals surface area contributed by atoms with Gasteiger partial charge in [-0.25, -0.2) is 0 Å². The van der Waals surface area contributed by atoms with E-state index in [0.717, 1.165) is 49.4 Å². The zero-order valence-corrected chi connectivity index (χ0v) is 26.6. The third-order valence-electron chi connectivity index (χ3n) is 3.81. The van der Waals surface area contributed by atoms with Crippen molar-refractivity contribution in [1.82, 2.24) is 0 Å². The Labute approximate surface area is 238 Å². The zero-order valence-electron chi connectivity index (χ0n) is 20.6. The maximum Gasteiger partial charge on any atom is 0.0593 e. The van der Waals surface area contributed by atoms with Crippen LogP contribution < -0.4 is 0 Å². The lowest BCUT2D eigenvalue weighted by atomic mass is 10.5. The Balaban J connectivity index is 4.42. The smallest absolute Gasteiger partial charge is 0.0593 e. The van der Waals surface area contributed by atoms with Crippen molar-refractivity contribution < 1.29 is 18.9 Å². The summed E-state index contributed by atoms with van der Waals surface area (Å²) in [5.74, 6) is 4.02. The van der Waals surface area contributed by atoms with E-state index in [-0.39, 0.29) is 21.0 Å². The van der Waals surface area contributed by atoms with Crippen LogP contribution in [0.2, 0.25) is 0 Å². The molecule has 0 N–H and O–H groups in total. The summed E-state index contributed by atoms with van der Waals surface area (Å²) in [5, 5.41) is 1.92. The first-order valence-corrected chi connectivity index (χ1v) is 16.9. The van der Waals surface area contributed by atoms with E-state index in [4.69, 9.17) is 18.9 Å². The minimum absolute atomic E-state index is 0.253. The van der Waals surface area contributed by atoms with Gasteiger partial charge in [-0.1, -0.05) is 27.7 Å². The highest BCUT2D eigenvalue weighted by molar-refractivity contribution is 8.05. The Kier molecular flexibility index (Phi) is 26.3. The molecule has 0 saturated heterocycles. The average Bonchev–Trinajstić information content (AvgIpc) is 2.71. The van der Waals surface area contributed by atoms with E-state index in [1.165, 1.54) is 0 Å². The second-order valence-electron chi connectivity index (χ2n) is 8.14. The van der Waals surface area contributed by atoms with Crippen LogP contribution in [0.1, 0.15) is 27.7 Å². The van der Waals surface area contributed by atoms with Crippen molar-refractivity contribution in [1.29, 1.82) is 0 Å². The molecule has 11 heteroatoms. The zero-order chi connectivity index (χ0) is 24.9. The minimum atomic E-state index is 0.253. The molecule has 0 aliphatic carbocycles. The van der Waals surface area contributed by atoms with E-state index in [1.54, 1.807) is 0 Å². The third kappa shape index (κ3) is 27.1. The second kappa shape index (κ2) is 24.6. The molecule has 200 valence electrons. The first-order valence-electron chi connectivity index (χ1n) is 11.5. The first kappa shape index (κ1) is 35.3. The predicted molar refractivity (Wildman–Crippen MR) is 167 cm³/mol. The number of thiol groups is 4. The number of hydrogen-bond acceptors (Lipinski definition) is 11. The number of thioether (sulfide) groups is 3. The Morgan fingerprint density at radius 2 is 0.848 bits per heavy atom. The molecule has 4 nitrogen and oxygen atoms in total. The fourth-order valence-electron chi connectivity index (χ4n) is 2.41. The standard InChI is InChI=1S/C22H46O4S7/c1-17(27)9-23-5-7-32-21(13-25-11-19(3)29)15-31-16-22(14-26-12-20(4)30)33-8-6-24-10-18(2)28/h17-22,27-30H,5-16H2,1-4H3. The fourth-order valence-corrected chi connectivity index (χ4v) is 6.52. The normalized spacial score (nSPS) is 17.5. The van der Waals surface area contributed by atoms with Crippen molar-refractivity contribution in [2.75, 3.05) is 75.9 Å². The highest BCUT2D eigenvalue weighted by Crippen LogP contribution is 2.22. The van der Waals surface area contributed by atoms with Gasteiger partial charge in [-0.15, -0.1) is 0 Å². The van der Waals surface area contributed by atoms with Gasteiger partial charge in [0.25, 0.3) is 0 Å². The summed E-state index contributed by atoms with van der Waals surface area (Å²) in [7, 11) is 0. The topological polar surface area (TPSA) is 36.9 Å². The highest BCUT2D eigenvalue weighted by Gasteiger charge is 2.15. The van der Waals surface area contributed by atoms with Gasteiger partial charge >= 0.3 is 0 Å². The number of ether oxygens (including phenoxy) is 4. The average molecular weight is 599 g/mol. The summed E-state index contributed by atoms with van der Waals surface area (Å²) in [4.78, 5) is 0. The molecule has 0 amide bonds. The molecule has 0 aliphatic heterocycles. The van der Waals surface area contributed by atoms with E-state index in [2.05, 4.69) is 64.4 Å². The Morgan fingerprint density at radius 1 is 0.515 bits per heavy atom. The Hall–Kier alpha value is 2.29. The van der Waals surface area contributed by atoms with Crippen LogP contribution in [-0.2, 0) is 18.9 Å². The van der Waals surface area contributed by atoms with E-state index in [0.29, 0.717) is 36.9 Å². The summed E-state index contributed by atoms with van der Waals surface area (Å²) < 4.78 is 23.1. The lowest BCUT2D eigenvalue weighted by Crippen LogP contribution is -2.22. The fraction of sp³-hybridized carbons (Fsp3) is 1.00. The van der Waals surface area contributed by atoms with Gasteiger partial charge in [0.1, 0.15) is 0 Å². The Bertz CT molecular complexity index is 382. The quantitative estimate of drug-likeness (QED) is 0.0892. The van der Waals surface area contributed by atoms with Crippen LogP contribution in [0.5, 0.6) is 0 Å². The molecule has 33 heavy (non-hydrogen) atoms. The molecule has 0 aromatic heterocycles. The SMILES string of the molecule is CC(S)COCCSC(COCC(C)S)CSCC(COCC(C)S)SCCOCC(C)S. The lowest BCUT2D eigenvalue weighted by Gasteiger charge is -2.21. The molecule has 0 saturated carbocycles. The molecule has 6 atom stereocenters. The van der Waals surface area contributed by atoms with E-state index in [1.807, 2.05) is 49.1 Å². The van der Waals surface area contributed by atoms with Gasteiger partial charge in [0.15, 0.2) is 0 Å². The largest absolute Gasteiger partial charge is 0.379 e. The molecule has 6 unspecified atom stereocenters. The van der Waals surface area contributed by atoms with E-state index in [9.17, 15) is 0 Å². The van der Waals surface area contributed by atoms with Crippen molar-refractivity contribution in [3.05, 3.63) is 0 Å². The van der Waals surface area contributed by atoms with Gasteiger partial charge in [-0.2, -0.15) is 85.8 Å². The molecule has 0 aliphatic rings. The summed E-state index contributed by atoms with van der Waals surface area (Å²) in [6.45, 7) is 13.9. The van der Waals surface area contributed by atoms with Crippen molar-refractivity contribution in [2.45, 2.75) is 59.2 Å². The molecule has 0 heterocycles. The summed E-state index contributed by atoms with van der Waals surface area (Å²) >= 11 is 23.4. The van der Waals surface area contributed by atoms with Crippen LogP contribution in [0.15, 0.2) is 0 Å². The van der Waals surface area contributed by atoms with Crippen molar-refractivity contribution >= 4 is 85.8 Å². The molecule has 0 spiro atoms. The number of hydrogen-bond donors (Lipinski definition) is 4. The monoisotopic (exact) mass is 598 g/mol. The third-order valence-corrected chi connectivity index (χ3v) is 8.46. The molecular formula is C22H46O4S7. The van der Waals surface area contributed by atoms with Crippen molar-refractivity contribution in [2.24, 2.45) is 0 Å². The first-order chi connectivity index (χ1) is 15.7. The van der Waals surface area contributed by atoms with Gasteiger partial charge in [-0.3, -0.25) is 0 Å². The molecule has 0 aromatic carbocycles. The van der Waals surface area contributed by atoms with Gasteiger partial charge < -0.3 is 18.9 Å². The number of rotatable bonds is 24. The summed E-state index contributed by atoms with van der Waals surface area (Å²) in [5.41, 5.74) is 0. The minimum Gasteiger partial charge on any atom is -0.379 e. The van der Waals surface area contributed by atoms with Crippen LogP contribution in [0.4, 0.5) is 0 Å². The molecule has 0 aromatic rings. The summed E-state index contributed by atoms with van der Waals surface area (Å²) in [6, 6.07) is 0. The maximum atomic E-state index is 5.89. The summed E-state index contributed by atoms with van der Waals surface area (Å²) in [6.07, 6.45) is 0. The molecular weight excluding hydrogens is 553 g/mol. The van der Waals surface area contributed by atoms with Crippen LogP contribution in [0.3, 0.4) is 0 Å². The van der Waals surface area contributed by atoms with Gasteiger partial charge in [0.05, 0.1) is 52.9 Å². The van der Waals surface area contributed by atoms with Gasteiger partial charge in [-0.05, 0) is 0 Å². The Morgan fingerprint density at radius 3 is 1.18 bits per heavy atom.